The summed E-state index contributed by atoms with van der Waals surface area (Å²) in [5.41, 5.74) is 2.32. The van der Waals surface area contributed by atoms with E-state index in [1.54, 1.807) is 24.4 Å². The fourth-order valence-corrected chi connectivity index (χ4v) is 1.91. The number of nitrogens with one attached hydrogen (secondary N) is 2. The van der Waals surface area contributed by atoms with Crippen molar-refractivity contribution in [3.05, 3.63) is 35.5 Å². The number of fused-ring (bicyclic) bond motifs is 1. The highest BCUT2D eigenvalue weighted by molar-refractivity contribution is 5.84. The maximum atomic E-state index is 12.0. The zero-order chi connectivity index (χ0) is 13.9. The van der Waals surface area contributed by atoms with Gasteiger partial charge in [0, 0.05) is 17.1 Å². The maximum Gasteiger partial charge on any atom is 0.401 e. The van der Waals surface area contributed by atoms with E-state index in [1.807, 2.05) is 6.07 Å². The number of nitrogens with zero attached hydrogens (tertiary/aromatic N) is 1. The zero-order valence-corrected chi connectivity index (χ0v) is 10.0. The third kappa shape index (κ3) is 3.48. The van der Waals surface area contributed by atoms with Crippen LogP contribution in [0.15, 0.2) is 24.4 Å². The molecule has 0 bridgehead atoms. The average Bonchev–Trinajstić information content (AvgIpc) is 2.76. The lowest BCUT2D eigenvalue weighted by atomic mass is 10.1. The van der Waals surface area contributed by atoms with E-state index >= 15 is 0 Å². The van der Waals surface area contributed by atoms with E-state index in [1.165, 1.54) is 0 Å². The van der Waals surface area contributed by atoms with Gasteiger partial charge >= 0.3 is 6.18 Å². The molecule has 0 spiro atoms. The van der Waals surface area contributed by atoms with Gasteiger partial charge in [-0.1, -0.05) is 0 Å². The van der Waals surface area contributed by atoms with E-state index in [-0.39, 0.29) is 6.54 Å². The van der Waals surface area contributed by atoms with Gasteiger partial charge in [0.05, 0.1) is 18.2 Å². The molecule has 3 nitrogen and oxygen atoms in total. The Morgan fingerprint density at radius 2 is 2.11 bits per heavy atom. The van der Waals surface area contributed by atoms with Crippen LogP contribution >= 0.6 is 0 Å². The summed E-state index contributed by atoms with van der Waals surface area (Å²) < 4.78 is 35.9. The van der Waals surface area contributed by atoms with Crippen molar-refractivity contribution in [3.63, 3.8) is 0 Å². The number of alkyl halides is 3. The second-order valence-corrected chi connectivity index (χ2v) is 4.23. The first-order chi connectivity index (χ1) is 8.99. The molecule has 0 saturated heterocycles. The normalized spacial score (nSPS) is 11.7. The molecule has 100 valence electrons. The lowest BCUT2D eigenvalue weighted by Gasteiger charge is -2.07. The summed E-state index contributed by atoms with van der Waals surface area (Å²) in [4.78, 5) is 3.04. The molecule has 6 heteroatoms. The van der Waals surface area contributed by atoms with Crippen LogP contribution in [0.4, 0.5) is 13.2 Å². The standard InChI is InChI=1S/C13H12F3N3/c14-13(15,16)8-18-4-3-10-7-19-12-2-1-9(6-17)5-11(10)12/h1-2,5,7,18-19H,3-4,8H2. The number of H-pyrrole nitrogens is 1. The minimum Gasteiger partial charge on any atom is -0.361 e. The number of hydrogen-bond donors (Lipinski definition) is 2. The van der Waals surface area contributed by atoms with Gasteiger partial charge < -0.3 is 10.3 Å². The summed E-state index contributed by atoms with van der Waals surface area (Å²) in [7, 11) is 0. The molecule has 0 aliphatic rings. The molecule has 19 heavy (non-hydrogen) atoms. The van der Waals surface area contributed by atoms with Crippen LogP contribution < -0.4 is 5.32 Å². The van der Waals surface area contributed by atoms with Gasteiger partial charge in [0.15, 0.2) is 0 Å². The van der Waals surface area contributed by atoms with Gasteiger partial charge in [-0.15, -0.1) is 0 Å². The van der Waals surface area contributed by atoms with Gasteiger partial charge in [0.2, 0.25) is 0 Å². The molecule has 0 unspecified atom stereocenters. The second-order valence-electron chi connectivity index (χ2n) is 4.23. The van der Waals surface area contributed by atoms with Gasteiger partial charge in [-0.2, -0.15) is 18.4 Å². The van der Waals surface area contributed by atoms with Crippen LogP contribution in [0.25, 0.3) is 10.9 Å². The van der Waals surface area contributed by atoms with Crippen molar-refractivity contribution in [2.45, 2.75) is 12.6 Å². The summed E-state index contributed by atoms with van der Waals surface area (Å²) in [6.45, 7) is -0.748. The Bertz CT molecular complexity index is 608. The third-order valence-corrected chi connectivity index (χ3v) is 2.79. The molecule has 1 heterocycles. The summed E-state index contributed by atoms with van der Waals surface area (Å²) in [5, 5.41) is 12.1. The van der Waals surface area contributed by atoms with Crippen molar-refractivity contribution in [3.8, 4) is 6.07 Å². The monoisotopic (exact) mass is 267 g/mol. The van der Waals surface area contributed by atoms with E-state index in [0.717, 1.165) is 16.5 Å². The molecule has 0 amide bonds. The Labute approximate surface area is 108 Å². The summed E-state index contributed by atoms with van der Waals surface area (Å²) in [6.07, 6.45) is -1.94. The van der Waals surface area contributed by atoms with Gasteiger partial charge in [0.1, 0.15) is 0 Å². The number of nitriles is 1. The molecular formula is C13H12F3N3. The predicted molar refractivity (Wildman–Crippen MR) is 65.6 cm³/mol. The van der Waals surface area contributed by atoms with E-state index in [2.05, 4.69) is 10.3 Å². The maximum absolute atomic E-state index is 12.0. The number of aromatic nitrogens is 1. The van der Waals surface area contributed by atoms with E-state index in [4.69, 9.17) is 5.26 Å². The highest BCUT2D eigenvalue weighted by atomic mass is 19.4. The Balaban J connectivity index is 2.03. The Kier molecular flexibility index (Phi) is 3.76. The fourth-order valence-electron chi connectivity index (χ4n) is 1.91. The van der Waals surface area contributed by atoms with Gasteiger partial charge in [-0.25, -0.2) is 0 Å². The summed E-state index contributed by atoms with van der Waals surface area (Å²) >= 11 is 0. The molecule has 0 atom stereocenters. The Morgan fingerprint density at radius 1 is 1.32 bits per heavy atom. The molecule has 0 fully saturated rings. The molecule has 0 aliphatic heterocycles. The van der Waals surface area contributed by atoms with Crippen LogP contribution in [0.2, 0.25) is 0 Å². The minimum atomic E-state index is -4.19. The molecular weight excluding hydrogens is 255 g/mol. The van der Waals surface area contributed by atoms with Crippen LogP contribution in [-0.4, -0.2) is 24.2 Å². The van der Waals surface area contributed by atoms with Crippen molar-refractivity contribution >= 4 is 10.9 Å². The fraction of sp³-hybridized carbons (Fsp3) is 0.308. The van der Waals surface area contributed by atoms with E-state index in [0.29, 0.717) is 12.0 Å². The summed E-state index contributed by atoms with van der Waals surface area (Å²) in [5.74, 6) is 0. The van der Waals surface area contributed by atoms with Crippen molar-refractivity contribution in [1.82, 2.24) is 10.3 Å². The molecule has 2 N–H and O–H groups in total. The number of hydrogen-bond acceptors (Lipinski definition) is 2. The van der Waals surface area contributed by atoms with Crippen LogP contribution in [0, 0.1) is 11.3 Å². The first kappa shape index (κ1) is 13.4. The van der Waals surface area contributed by atoms with Gasteiger partial charge in [-0.05, 0) is 36.7 Å². The van der Waals surface area contributed by atoms with Crippen molar-refractivity contribution in [2.75, 3.05) is 13.1 Å². The molecule has 1 aromatic heterocycles. The molecule has 0 aliphatic carbocycles. The Hall–Kier alpha value is -2.00. The lowest BCUT2D eigenvalue weighted by molar-refractivity contribution is -0.124. The first-order valence-electron chi connectivity index (χ1n) is 5.77. The highest BCUT2D eigenvalue weighted by Gasteiger charge is 2.25. The van der Waals surface area contributed by atoms with Gasteiger partial charge in [0.25, 0.3) is 0 Å². The third-order valence-electron chi connectivity index (χ3n) is 2.79. The SMILES string of the molecule is N#Cc1ccc2[nH]cc(CCNCC(F)(F)F)c2c1. The van der Waals surface area contributed by atoms with Crippen LogP contribution in [0.3, 0.4) is 0 Å². The molecule has 2 aromatic rings. The van der Waals surface area contributed by atoms with E-state index in [9.17, 15) is 13.2 Å². The van der Waals surface area contributed by atoms with Crippen LogP contribution in [0.5, 0.6) is 0 Å². The molecule has 1 aromatic carbocycles. The highest BCUT2D eigenvalue weighted by Crippen LogP contribution is 2.20. The number of benzene rings is 1. The largest absolute Gasteiger partial charge is 0.401 e. The quantitative estimate of drug-likeness (QED) is 0.837. The van der Waals surface area contributed by atoms with Crippen molar-refractivity contribution in [1.29, 1.82) is 5.26 Å². The Morgan fingerprint density at radius 3 is 2.79 bits per heavy atom. The van der Waals surface area contributed by atoms with Crippen LogP contribution in [0.1, 0.15) is 11.1 Å². The number of rotatable bonds is 4. The first-order valence-corrected chi connectivity index (χ1v) is 5.77. The minimum absolute atomic E-state index is 0.239. The molecule has 2 rings (SSSR count). The second kappa shape index (κ2) is 5.33. The number of halogens is 3. The number of aromatic amines is 1. The van der Waals surface area contributed by atoms with Crippen molar-refractivity contribution < 1.29 is 13.2 Å². The topological polar surface area (TPSA) is 51.6 Å². The van der Waals surface area contributed by atoms with E-state index < -0.39 is 12.7 Å². The van der Waals surface area contributed by atoms with Crippen molar-refractivity contribution in [2.24, 2.45) is 0 Å². The lowest BCUT2D eigenvalue weighted by Crippen LogP contribution is -2.30. The molecule has 0 saturated carbocycles. The molecule has 0 radical (unpaired) electrons. The van der Waals surface area contributed by atoms with Gasteiger partial charge in [-0.3, -0.25) is 0 Å². The zero-order valence-electron chi connectivity index (χ0n) is 10.0. The summed E-state index contributed by atoms with van der Waals surface area (Å²) in [6, 6.07) is 7.28. The smallest absolute Gasteiger partial charge is 0.361 e. The average molecular weight is 267 g/mol. The predicted octanol–water partition coefficient (Wildman–Crippen LogP) is 2.73. The van der Waals surface area contributed by atoms with Crippen LogP contribution in [-0.2, 0) is 6.42 Å².